The first-order valence-corrected chi connectivity index (χ1v) is 5.24. The monoisotopic (exact) mass is 233 g/mol. The van der Waals surface area contributed by atoms with E-state index in [-0.39, 0.29) is 0 Å². The van der Waals surface area contributed by atoms with E-state index < -0.39 is 0 Å². The summed E-state index contributed by atoms with van der Waals surface area (Å²) in [4.78, 5) is 0. The minimum Gasteiger partial charge on any atom is -0.497 e. The van der Waals surface area contributed by atoms with Gasteiger partial charge in [0.1, 0.15) is 18.1 Å². The summed E-state index contributed by atoms with van der Waals surface area (Å²) in [6.45, 7) is 0.384. The standard InChI is InChI=1S/C12H15N3O2/c1-15-12(11(13)7-14-15)8-17-10-5-3-4-9(6-10)16-2/h3-7H,8,13H2,1-2H3. The van der Waals surface area contributed by atoms with Crippen molar-refractivity contribution in [2.45, 2.75) is 6.61 Å². The van der Waals surface area contributed by atoms with Crippen molar-refractivity contribution in [3.63, 3.8) is 0 Å². The fourth-order valence-electron chi connectivity index (χ4n) is 1.50. The van der Waals surface area contributed by atoms with Crippen LogP contribution < -0.4 is 15.2 Å². The van der Waals surface area contributed by atoms with E-state index in [2.05, 4.69) is 5.10 Å². The van der Waals surface area contributed by atoms with Gasteiger partial charge in [-0.25, -0.2) is 0 Å². The lowest BCUT2D eigenvalue weighted by Crippen LogP contribution is -2.05. The van der Waals surface area contributed by atoms with Crippen LogP contribution in [-0.2, 0) is 13.7 Å². The third-order valence-corrected chi connectivity index (χ3v) is 2.51. The number of aromatic nitrogens is 2. The number of benzene rings is 1. The molecule has 0 radical (unpaired) electrons. The number of aryl methyl sites for hydroxylation is 1. The van der Waals surface area contributed by atoms with E-state index in [0.29, 0.717) is 12.3 Å². The molecule has 0 saturated carbocycles. The van der Waals surface area contributed by atoms with Gasteiger partial charge in [-0.1, -0.05) is 6.07 Å². The normalized spacial score (nSPS) is 10.2. The summed E-state index contributed by atoms with van der Waals surface area (Å²) in [6.07, 6.45) is 1.62. The first-order chi connectivity index (χ1) is 8.20. The Morgan fingerprint density at radius 2 is 2.12 bits per heavy atom. The van der Waals surface area contributed by atoms with Gasteiger partial charge in [0.25, 0.3) is 0 Å². The first kappa shape index (κ1) is 11.3. The molecule has 0 fully saturated rings. The molecule has 5 heteroatoms. The van der Waals surface area contributed by atoms with E-state index in [9.17, 15) is 0 Å². The van der Waals surface area contributed by atoms with E-state index >= 15 is 0 Å². The van der Waals surface area contributed by atoms with Crippen LogP contribution in [0.4, 0.5) is 5.69 Å². The highest BCUT2D eigenvalue weighted by atomic mass is 16.5. The van der Waals surface area contributed by atoms with Crippen molar-refractivity contribution in [3.05, 3.63) is 36.2 Å². The van der Waals surface area contributed by atoms with Crippen LogP contribution in [0.5, 0.6) is 11.5 Å². The topological polar surface area (TPSA) is 62.3 Å². The van der Waals surface area contributed by atoms with Crippen molar-refractivity contribution in [2.24, 2.45) is 7.05 Å². The van der Waals surface area contributed by atoms with Gasteiger partial charge in [0, 0.05) is 13.1 Å². The largest absolute Gasteiger partial charge is 0.497 e. The van der Waals surface area contributed by atoms with Gasteiger partial charge in [-0.3, -0.25) is 4.68 Å². The quantitative estimate of drug-likeness (QED) is 0.871. The zero-order valence-electron chi connectivity index (χ0n) is 9.88. The molecule has 2 aromatic rings. The van der Waals surface area contributed by atoms with Gasteiger partial charge in [-0.05, 0) is 12.1 Å². The molecule has 0 saturated heterocycles. The molecular weight excluding hydrogens is 218 g/mol. The second-order valence-electron chi connectivity index (χ2n) is 3.64. The molecule has 0 bridgehead atoms. The number of nitrogens with two attached hydrogens (primary N) is 1. The van der Waals surface area contributed by atoms with Crippen LogP contribution in [0.25, 0.3) is 0 Å². The Morgan fingerprint density at radius 1 is 1.35 bits per heavy atom. The Hall–Kier alpha value is -2.17. The van der Waals surface area contributed by atoms with Crippen LogP contribution in [0.15, 0.2) is 30.5 Å². The summed E-state index contributed by atoms with van der Waals surface area (Å²) in [6, 6.07) is 7.44. The lowest BCUT2D eigenvalue weighted by atomic mass is 10.3. The second-order valence-corrected chi connectivity index (χ2v) is 3.64. The lowest BCUT2D eigenvalue weighted by Gasteiger charge is -2.08. The third kappa shape index (κ3) is 2.50. The molecule has 1 heterocycles. The van der Waals surface area contributed by atoms with Gasteiger partial charge < -0.3 is 15.2 Å². The van der Waals surface area contributed by atoms with Crippen molar-refractivity contribution in [1.82, 2.24) is 9.78 Å². The molecule has 0 amide bonds. The zero-order valence-corrected chi connectivity index (χ0v) is 9.88. The van der Waals surface area contributed by atoms with Crippen molar-refractivity contribution in [3.8, 4) is 11.5 Å². The van der Waals surface area contributed by atoms with Crippen LogP contribution in [0.2, 0.25) is 0 Å². The van der Waals surface area contributed by atoms with Gasteiger partial charge in [0.05, 0.1) is 24.7 Å². The number of nitrogen functional groups attached to an aromatic ring is 1. The average Bonchev–Trinajstić information content (AvgIpc) is 2.67. The Morgan fingerprint density at radius 3 is 2.76 bits per heavy atom. The summed E-state index contributed by atoms with van der Waals surface area (Å²) in [5, 5.41) is 4.05. The van der Waals surface area contributed by atoms with Gasteiger partial charge in [-0.15, -0.1) is 0 Å². The number of nitrogens with zero attached hydrogens (tertiary/aromatic N) is 2. The molecule has 5 nitrogen and oxygen atoms in total. The minimum atomic E-state index is 0.384. The lowest BCUT2D eigenvalue weighted by molar-refractivity contribution is 0.293. The predicted molar refractivity (Wildman–Crippen MR) is 64.9 cm³/mol. The molecule has 2 rings (SSSR count). The number of anilines is 1. The number of hydrogen-bond donors (Lipinski definition) is 1. The van der Waals surface area contributed by atoms with Crippen molar-refractivity contribution in [1.29, 1.82) is 0 Å². The van der Waals surface area contributed by atoms with E-state index in [0.717, 1.165) is 17.2 Å². The third-order valence-electron chi connectivity index (χ3n) is 2.51. The maximum absolute atomic E-state index is 5.77. The van der Waals surface area contributed by atoms with Crippen LogP contribution in [0.3, 0.4) is 0 Å². The molecule has 0 spiro atoms. The average molecular weight is 233 g/mol. The summed E-state index contributed by atoms with van der Waals surface area (Å²) >= 11 is 0. The molecule has 0 aliphatic rings. The van der Waals surface area contributed by atoms with Gasteiger partial charge in [0.2, 0.25) is 0 Å². The molecule has 0 aliphatic heterocycles. The summed E-state index contributed by atoms with van der Waals surface area (Å²) < 4.78 is 12.5. The van der Waals surface area contributed by atoms with Crippen LogP contribution in [0, 0.1) is 0 Å². The Balaban J connectivity index is 2.07. The van der Waals surface area contributed by atoms with E-state index in [1.165, 1.54) is 0 Å². The molecule has 0 unspecified atom stereocenters. The highest BCUT2D eigenvalue weighted by Gasteiger charge is 2.06. The van der Waals surface area contributed by atoms with Crippen molar-refractivity contribution < 1.29 is 9.47 Å². The van der Waals surface area contributed by atoms with Gasteiger partial charge in [-0.2, -0.15) is 5.10 Å². The smallest absolute Gasteiger partial charge is 0.132 e. The highest BCUT2D eigenvalue weighted by Crippen LogP contribution is 2.20. The Labute approximate surface area is 99.8 Å². The molecular formula is C12H15N3O2. The summed E-state index contributed by atoms with van der Waals surface area (Å²) in [7, 11) is 3.46. The van der Waals surface area contributed by atoms with E-state index in [1.807, 2.05) is 31.3 Å². The van der Waals surface area contributed by atoms with Crippen LogP contribution >= 0.6 is 0 Å². The van der Waals surface area contributed by atoms with Crippen molar-refractivity contribution >= 4 is 5.69 Å². The van der Waals surface area contributed by atoms with E-state index in [1.54, 1.807) is 18.0 Å². The highest BCUT2D eigenvalue weighted by molar-refractivity contribution is 5.41. The first-order valence-electron chi connectivity index (χ1n) is 5.24. The molecule has 2 N–H and O–H groups in total. The number of hydrogen-bond acceptors (Lipinski definition) is 4. The molecule has 1 aromatic heterocycles. The molecule has 90 valence electrons. The second kappa shape index (κ2) is 4.78. The van der Waals surface area contributed by atoms with Crippen LogP contribution in [-0.4, -0.2) is 16.9 Å². The maximum atomic E-state index is 5.77. The molecule has 17 heavy (non-hydrogen) atoms. The molecule has 0 aliphatic carbocycles. The fourth-order valence-corrected chi connectivity index (χ4v) is 1.50. The van der Waals surface area contributed by atoms with Crippen molar-refractivity contribution in [2.75, 3.05) is 12.8 Å². The van der Waals surface area contributed by atoms with Gasteiger partial charge in [0.15, 0.2) is 0 Å². The van der Waals surface area contributed by atoms with Crippen LogP contribution in [0.1, 0.15) is 5.69 Å². The fraction of sp³-hybridized carbons (Fsp3) is 0.250. The zero-order chi connectivity index (χ0) is 12.3. The Kier molecular flexibility index (Phi) is 3.18. The van der Waals surface area contributed by atoms with Gasteiger partial charge >= 0.3 is 0 Å². The predicted octanol–water partition coefficient (Wildman–Crippen LogP) is 1.59. The SMILES string of the molecule is COc1cccc(OCc2c(N)cnn2C)c1. The number of rotatable bonds is 4. The summed E-state index contributed by atoms with van der Waals surface area (Å²) in [5.74, 6) is 1.51. The minimum absolute atomic E-state index is 0.384. The number of ether oxygens (including phenoxy) is 2. The number of methoxy groups -OCH3 is 1. The molecule has 0 atom stereocenters. The van der Waals surface area contributed by atoms with E-state index in [4.69, 9.17) is 15.2 Å². The maximum Gasteiger partial charge on any atom is 0.132 e. The molecule has 1 aromatic carbocycles. The Bertz CT molecular complexity index is 489. The summed E-state index contributed by atoms with van der Waals surface area (Å²) in [5.41, 5.74) is 7.26.